The van der Waals surface area contributed by atoms with Gasteiger partial charge in [0.25, 0.3) is 0 Å². The first-order valence-electron chi connectivity index (χ1n) is 9.89. The van der Waals surface area contributed by atoms with E-state index in [0.29, 0.717) is 27.1 Å². The Kier molecular flexibility index (Phi) is 6.53. The number of hydrogen-bond acceptors (Lipinski definition) is 4. The van der Waals surface area contributed by atoms with Gasteiger partial charge in [-0.1, -0.05) is 59.6 Å². The van der Waals surface area contributed by atoms with E-state index in [0.717, 1.165) is 22.0 Å². The molecule has 0 aliphatic carbocycles. The highest BCUT2D eigenvalue weighted by Gasteiger charge is 2.26. The summed E-state index contributed by atoms with van der Waals surface area (Å²) in [4.78, 5) is 14.4. The van der Waals surface area contributed by atoms with Crippen LogP contribution in [0.5, 0.6) is 11.5 Å². The van der Waals surface area contributed by atoms with Crippen LogP contribution in [0.25, 0.3) is 10.9 Å². The van der Waals surface area contributed by atoms with E-state index in [2.05, 4.69) is 4.98 Å². The number of ether oxygens (including phenoxy) is 2. The molecule has 6 nitrogen and oxygen atoms in total. The number of methoxy groups -OCH3 is 1. The number of H-pyrrole nitrogens is 1. The summed E-state index contributed by atoms with van der Waals surface area (Å²) in [6.07, 6.45) is 1.81. The third kappa shape index (κ3) is 4.52. The first kappa shape index (κ1) is 22.0. The lowest BCUT2D eigenvalue weighted by Crippen LogP contribution is -2.14. The van der Waals surface area contributed by atoms with Crippen molar-refractivity contribution in [1.29, 1.82) is 0 Å². The number of para-hydroxylation sites is 1. The van der Waals surface area contributed by atoms with Crippen LogP contribution >= 0.6 is 23.2 Å². The maximum Gasteiger partial charge on any atom is 0.214 e. The van der Waals surface area contributed by atoms with Gasteiger partial charge in [-0.2, -0.15) is 0 Å². The molecule has 0 saturated carbocycles. The van der Waals surface area contributed by atoms with Crippen molar-refractivity contribution < 1.29 is 14.4 Å². The fourth-order valence-corrected chi connectivity index (χ4v) is 4.23. The second-order valence-corrected chi connectivity index (χ2v) is 8.09. The number of nitro groups is 1. The Morgan fingerprint density at radius 3 is 2.56 bits per heavy atom. The van der Waals surface area contributed by atoms with Gasteiger partial charge in [0.15, 0.2) is 11.5 Å². The van der Waals surface area contributed by atoms with Crippen molar-refractivity contribution in [2.45, 2.75) is 12.5 Å². The molecule has 4 rings (SSSR count). The molecule has 1 atom stereocenters. The van der Waals surface area contributed by atoms with Gasteiger partial charge >= 0.3 is 0 Å². The van der Waals surface area contributed by atoms with Crippen molar-refractivity contribution in [2.24, 2.45) is 0 Å². The molecule has 0 amide bonds. The Hall–Kier alpha value is -3.22. The van der Waals surface area contributed by atoms with Crippen molar-refractivity contribution in [1.82, 2.24) is 4.98 Å². The summed E-state index contributed by atoms with van der Waals surface area (Å²) in [7, 11) is 1.51. The zero-order valence-electron chi connectivity index (χ0n) is 17.2. The highest BCUT2D eigenvalue weighted by atomic mass is 35.5. The SMILES string of the molecule is COc1cc([C@H](C[N+](=O)[O-])c2c[nH]c3ccccc23)cc(Cl)c1OCc1ccccc1Cl. The van der Waals surface area contributed by atoms with E-state index in [1.807, 2.05) is 42.5 Å². The van der Waals surface area contributed by atoms with Crippen molar-refractivity contribution in [3.05, 3.63) is 104 Å². The molecule has 164 valence electrons. The average Bonchev–Trinajstić information content (AvgIpc) is 3.21. The van der Waals surface area contributed by atoms with Crippen molar-refractivity contribution in [3.8, 4) is 11.5 Å². The van der Waals surface area contributed by atoms with Crippen LogP contribution < -0.4 is 9.47 Å². The van der Waals surface area contributed by atoms with Gasteiger partial charge < -0.3 is 14.5 Å². The first-order chi connectivity index (χ1) is 15.5. The van der Waals surface area contributed by atoms with Gasteiger partial charge in [0.05, 0.1) is 18.1 Å². The topological polar surface area (TPSA) is 77.4 Å². The summed E-state index contributed by atoms with van der Waals surface area (Å²) < 4.78 is 11.4. The maximum absolute atomic E-state index is 11.5. The molecule has 0 bridgehead atoms. The van der Waals surface area contributed by atoms with Crippen molar-refractivity contribution in [2.75, 3.05) is 13.7 Å². The molecule has 8 heteroatoms. The average molecular weight is 471 g/mol. The minimum Gasteiger partial charge on any atom is -0.493 e. The number of aromatic amines is 1. The minimum absolute atomic E-state index is 0.204. The molecule has 4 aromatic rings. The molecule has 0 radical (unpaired) electrons. The van der Waals surface area contributed by atoms with E-state index >= 15 is 0 Å². The highest BCUT2D eigenvalue weighted by Crippen LogP contribution is 2.41. The molecule has 0 aliphatic heterocycles. The predicted molar refractivity (Wildman–Crippen MR) is 126 cm³/mol. The molecule has 0 unspecified atom stereocenters. The van der Waals surface area contributed by atoms with Crippen LogP contribution in [0.3, 0.4) is 0 Å². The predicted octanol–water partition coefficient (Wildman–Crippen LogP) is 6.47. The van der Waals surface area contributed by atoms with Crippen LogP contribution in [-0.4, -0.2) is 23.6 Å². The molecule has 32 heavy (non-hydrogen) atoms. The summed E-state index contributed by atoms with van der Waals surface area (Å²) in [5.74, 6) is 0.231. The Labute approximate surface area is 194 Å². The van der Waals surface area contributed by atoms with Crippen LogP contribution in [0.4, 0.5) is 0 Å². The second kappa shape index (κ2) is 9.51. The van der Waals surface area contributed by atoms with Gasteiger partial charge in [-0.05, 0) is 35.4 Å². The molecule has 0 saturated heterocycles. The molecular weight excluding hydrogens is 451 g/mol. The van der Waals surface area contributed by atoms with Gasteiger partial charge in [-0.25, -0.2) is 0 Å². The van der Waals surface area contributed by atoms with Crippen LogP contribution in [0.2, 0.25) is 10.0 Å². The minimum atomic E-state index is -0.523. The van der Waals surface area contributed by atoms with E-state index in [4.69, 9.17) is 32.7 Å². The number of nitrogens with zero attached hydrogens (tertiary/aromatic N) is 1. The summed E-state index contributed by atoms with van der Waals surface area (Å²) in [6.45, 7) is -0.0863. The van der Waals surface area contributed by atoms with Crippen LogP contribution in [0.1, 0.15) is 22.6 Å². The molecule has 0 aliphatic rings. The number of benzene rings is 3. The van der Waals surface area contributed by atoms with E-state index in [-0.39, 0.29) is 18.1 Å². The third-order valence-electron chi connectivity index (χ3n) is 5.31. The monoisotopic (exact) mass is 470 g/mol. The van der Waals surface area contributed by atoms with Gasteiger partial charge in [0, 0.05) is 32.6 Å². The van der Waals surface area contributed by atoms with Crippen LogP contribution in [0, 0.1) is 10.1 Å². The van der Waals surface area contributed by atoms with Gasteiger partial charge in [0.2, 0.25) is 6.54 Å². The fourth-order valence-electron chi connectivity index (χ4n) is 3.76. The molecule has 1 heterocycles. The Morgan fingerprint density at radius 2 is 1.81 bits per heavy atom. The lowest BCUT2D eigenvalue weighted by atomic mass is 9.90. The number of nitrogens with one attached hydrogen (secondary N) is 1. The van der Waals surface area contributed by atoms with Crippen molar-refractivity contribution >= 4 is 34.1 Å². The summed E-state index contributed by atoms with van der Waals surface area (Å²) in [5, 5.41) is 13.3. The third-order valence-corrected chi connectivity index (χ3v) is 5.96. The highest BCUT2D eigenvalue weighted by molar-refractivity contribution is 6.32. The first-order valence-corrected chi connectivity index (χ1v) is 10.6. The van der Waals surface area contributed by atoms with E-state index < -0.39 is 5.92 Å². The fraction of sp³-hybridized carbons (Fsp3) is 0.167. The Balaban J connectivity index is 1.72. The number of aromatic nitrogens is 1. The Morgan fingerprint density at radius 1 is 1.06 bits per heavy atom. The quantitative estimate of drug-likeness (QED) is 0.236. The largest absolute Gasteiger partial charge is 0.493 e. The smallest absolute Gasteiger partial charge is 0.214 e. The Bertz CT molecular complexity index is 1270. The zero-order chi connectivity index (χ0) is 22.7. The summed E-state index contributed by atoms with van der Waals surface area (Å²) >= 11 is 12.8. The van der Waals surface area contributed by atoms with E-state index in [9.17, 15) is 10.1 Å². The summed E-state index contributed by atoms with van der Waals surface area (Å²) in [5.41, 5.74) is 3.20. The number of fused-ring (bicyclic) bond motifs is 1. The van der Waals surface area contributed by atoms with E-state index in [1.165, 1.54) is 7.11 Å². The lowest BCUT2D eigenvalue weighted by molar-refractivity contribution is -0.481. The number of halogens is 2. The summed E-state index contributed by atoms with van der Waals surface area (Å²) in [6, 6.07) is 18.5. The second-order valence-electron chi connectivity index (χ2n) is 7.27. The molecule has 1 N–H and O–H groups in total. The molecular formula is C24H20Cl2N2O4. The standard InChI is InChI=1S/C24H20Cl2N2O4/c1-31-23-11-16(10-21(26)24(23)32-14-15-6-2-4-8-20(15)25)19(13-28(29)30)18-12-27-22-9-5-3-7-17(18)22/h2-12,19,27H,13-14H2,1H3/t19-/m0/s1. The number of rotatable bonds is 8. The molecule has 1 aromatic heterocycles. The normalized spacial score (nSPS) is 12.0. The molecule has 0 fully saturated rings. The van der Waals surface area contributed by atoms with Gasteiger partial charge in [-0.3, -0.25) is 10.1 Å². The number of hydrogen-bond donors (Lipinski definition) is 1. The maximum atomic E-state index is 11.5. The van der Waals surface area contributed by atoms with Gasteiger partial charge in [-0.15, -0.1) is 0 Å². The van der Waals surface area contributed by atoms with Gasteiger partial charge in [0.1, 0.15) is 6.61 Å². The zero-order valence-corrected chi connectivity index (χ0v) is 18.7. The van der Waals surface area contributed by atoms with Crippen LogP contribution in [0.15, 0.2) is 66.9 Å². The van der Waals surface area contributed by atoms with E-state index in [1.54, 1.807) is 24.4 Å². The molecule has 0 spiro atoms. The lowest BCUT2D eigenvalue weighted by Gasteiger charge is -2.18. The van der Waals surface area contributed by atoms with Crippen molar-refractivity contribution in [3.63, 3.8) is 0 Å². The molecule has 3 aromatic carbocycles. The van der Waals surface area contributed by atoms with Crippen LogP contribution in [-0.2, 0) is 6.61 Å².